The van der Waals surface area contributed by atoms with E-state index in [1.807, 2.05) is 13.8 Å². The molecule has 3 N–H and O–H groups in total. The standard InChI is InChI=1S/C26H51N5O3/c1-20(2)17-22(5)18-25(33)28-11-12-30-13-15-31(16-14-30)19-26(34)27-10-8-7-9-24(23(6)32)29-21(3)4/h20-22,24,29H,7-19H2,1-6H3,(H,27,34)(H,28,33)/t22?,24-/m0/s1. The third-order valence-electron chi connectivity index (χ3n) is 6.26. The molecule has 198 valence electrons. The summed E-state index contributed by atoms with van der Waals surface area (Å²) in [5.41, 5.74) is 0. The maximum atomic E-state index is 12.3. The van der Waals surface area contributed by atoms with E-state index in [9.17, 15) is 14.4 Å². The number of carbonyl (C=O) groups is 3. The van der Waals surface area contributed by atoms with Gasteiger partial charge in [-0.05, 0) is 44.4 Å². The van der Waals surface area contributed by atoms with E-state index in [0.717, 1.165) is 58.4 Å². The van der Waals surface area contributed by atoms with Crippen LogP contribution in [-0.4, -0.2) is 91.8 Å². The van der Waals surface area contributed by atoms with Gasteiger partial charge in [0.2, 0.25) is 11.8 Å². The molecule has 34 heavy (non-hydrogen) atoms. The van der Waals surface area contributed by atoms with Crippen LogP contribution in [-0.2, 0) is 14.4 Å². The Morgan fingerprint density at radius 1 is 0.824 bits per heavy atom. The van der Waals surface area contributed by atoms with Crippen molar-refractivity contribution in [3.8, 4) is 0 Å². The van der Waals surface area contributed by atoms with Crippen LogP contribution in [0, 0.1) is 11.8 Å². The van der Waals surface area contributed by atoms with Crippen molar-refractivity contribution in [1.82, 2.24) is 25.8 Å². The Kier molecular flexibility index (Phi) is 15.3. The molecule has 0 aromatic rings. The normalized spacial score (nSPS) is 17.1. The molecule has 8 nitrogen and oxygen atoms in total. The largest absolute Gasteiger partial charge is 0.355 e. The summed E-state index contributed by atoms with van der Waals surface area (Å²) in [7, 11) is 0. The van der Waals surface area contributed by atoms with Crippen LogP contribution >= 0.6 is 0 Å². The first-order valence-electron chi connectivity index (χ1n) is 13.3. The van der Waals surface area contributed by atoms with Gasteiger partial charge >= 0.3 is 0 Å². The predicted molar refractivity (Wildman–Crippen MR) is 139 cm³/mol. The highest BCUT2D eigenvalue weighted by atomic mass is 16.2. The van der Waals surface area contributed by atoms with Gasteiger partial charge in [0.25, 0.3) is 0 Å². The second-order valence-electron chi connectivity index (χ2n) is 10.7. The van der Waals surface area contributed by atoms with E-state index >= 15 is 0 Å². The number of piperazine rings is 1. The van der Waals surface area contributed by atoms with E-state index in [2.05, 4.69) is 46.5 Å². The van der Waals surface area contributed by atoms with Crippen molar-refractivity contribution in [3.63, 3.8) is 0 Å². The van der Waals surface area contributed by atoms with Gasteiger partial charge in [-0.3, -0.25) is 24.2 Å². The zero-order chi connectivity index (χ0) is 25.5. The number of Topliss-reactive ketones (excluding diaryl/α,β-unsaturated/α-hetero) is 1. The number of ketones is 1. The van der Waals surface area contributed by atoms with Crippen molar-refractivity contribution < 1.29 is 14.4 Å². The summed E-state index contributed by atoms with van der Waals surface area (Å²) in [6.45, 7) is 18.5. The number of rotatable bonds is 17. The maximum Gasteiger partial charge on any atom is 0.234 e. The Morgan fingerprint density at radius 2 is 1.44 bits per heavy atom. The topological polar surface area (TPSA) is 93.8 Å². The molecule has 2 amide bonds. The monoisotopic (exact) mass is 481 g/mol. The van der Waals surface area contributed by atoms with Crippen molar-refractivity contribution in [3.05, 3.63) is 0 Å². The van der Waals surface area contributed by atoms with Gasteiger partial charge in [0, 0.05) is 58.3 Å². The van der Waals surface area contributed by atoms with E-state index in [1.54, 1.807) is 6.92 Å². The fourth-order valence-corrected chi connectivity index (χ4v) is 4.57. The predicted octanol–water partition coefficient (Wildman–Crippen LogP) is 2.03. The van der Waals surface area contributed by atoms with Crippen molar-refractivity contribution in [2.75, 3.05) is 52.4 Å². The van der Waals surface area contributed by atoms with Gasteiger partial charge in [-0.15, -0.1) is 0 Å². The molecule has 1 rings (SSSR count). The summed E-state index contributed by atoms with van der Waals surface area (Å²) < 4.78 is 0. The number of nitrogens with zero attached hydrogens (tertiary/aromatic N) is 2. The molecule has 0 bridgehead atoms. The first-order valence-corrected chi connectivity index (χ1v) is 13.3. The van der Waals surface area contributed by atoms with Crippen LogP contribution < -0.4 is 16.0 Å². The lowest BCUT2D eigenvalue weighted by molar-refractivity contribution is -0.123. The SMILES string of the molecule is CC(=O)[C@H](CCCCNC(=O)CN1CCN(CCNC(=O)CC(C)CC(C)C)CC1)NC(C)C. The summed E-state index contributed by atoms with van der Waals surface area (Å²) in [4.78, 5) is 40.6. The summed E-state index contributed by atoms with van der Waals surface area (Å²) in [6, 6.07) is 0.199. The van der Waals surface area contributed by atoms with E-state index in [-0.39, 0.29) is 29.7 Å². The van der Waals surface area contributed by atoms with Crippen LogP contribution in [0.3, 0.4) is 0 Å². The molecule has 1 unspecified atom stereocenters. The fourth-order valence-electron chi connectivity index (χ4n) is 4.57. The number of amides is 2. The zero-order valence-electron chi connectivity index (χ0n) is 22.6. The zero-order valence-corrected chi connectivity index (χ0v) is 22.6. The van der Waals surface area contributed by atoms with E-state index in [4.69, 9.17) is 0 Å². The van der Waals surface area contributed by atoms with Crippen molar-refractivity contribution in [2.24, 2.45) is 11.8 Å². The molecule has 0 spiro atoms. The number of carbonyl (C=O) groups excluding carboxylic acids is 3. The van der Waals surface area contributed by atoms with E-state index < -0.39 is 0 Å². The Labute approximate surface area is 208 Å². The summed E-state index contributed by atoms with van der Waals surface area (Å²) in [5, 5.41) is 9.36. The first kappa shape index (κ1) is 30.5. The lowest BCUT2D eigenvalue weighted by Crippen LogP contribution is -2.50. The molecule has 1 saturated heterocycles. The highest BCUT2D eigenvalue weighted by molar-refractivity contribution is 5.81. The highest BCUT2D eigenvalue weighted by Gasteiger charge is 2.19. The summed E-state index contributed by atoms with van der Waals surface area (Å²) in [6.07, 6.45) is 4.29. The van der Waals surface area contributed by atoms with Gasteiger partial charge in [-0.2, -0.15) is 0 Å². The molecule has 1 heterocycles. The number of nitrogens with one attached hydrogen (secondary N) is 3. The number of unbranched alkanes of at least 4 members (excludes halogenated alkanes) is 1. The first-order chi connectivity index (χ1) is 16.1. The molecule has 2 atom stereocenters. The maximum absolute atomic E-state index is 12.3. The Balaban J connectivity index is 2.10. The molecule has 1 aliphatic heterocycles. The van der Waals surface area contributed by atoms with Gasteiger partial charge in [-0.1, -0.05) is 34.6 Å². The molecular weight excluding hydrogens is 430 g/mol. The lowest BCUT2D eigenvalue weighted by Gasteiger charge is -2.34. The summed E-state index contributed by atoms with van der Waals surface area (Å²) >= 11 is 0. The van der Waals surface area contributed by atoms with Gasteiger partial charge in [0.05, 0.1) is 12.6 Å². The van der Waals surface area contributed by atoms with Crippen LogP contribution in [0.2, 0.25) is 0 Å². The fraction of sp³-hybridized carbons (Fsp3) is 0.885. The highest BCUT2D eigenvalue weighted by Crippen LogP contribution is 2.14. The second kappa shape index (κ2) is 17.0. The molecule has 1 aliphatic rings. The van der Waals surface area contributed by atoms with Gasteiger partial charge in [-0.25, -0.2) is 0 Å². The van der Waals surface area contributed by atoms with Crippen molar-refractivity contribution in [2.45, 2.75) is 85.7 Å². The smallest absolute Gasteiger partial charge is 0.234 e. The van der Waals surface area contributed by atoms with Crippen molar-refractivity contribution in [1.29, 1.82) is 0 Å². The molecule has 0 aliphatic carbocycles. The number of hydrogen-bond acceptors (Lipinski definition) is 6. The molecular formula is C26H51N5O3. The van der Waals surface area contributed by atoms with Crippen LogP contribution in [0.15, 0.2) is 0 Å². The van der Waals surface area contributed by atoms with Gasteiger partial charge in [0.1, 0.15) is 5.78 Å². The quantitative estimate of drug-likeness (QED) is 0.275. The molecule has 8 heteroatoms. The minimum atomic E-state index is -0.0891. The molecule has 0 radical (unpaired) electrons. The molecule has 0 aromatic heterocycles. The van der Waals surface area contributed by atoms with Crippen LogP contribution in [0.25, 0.3) is 0 Å². The van der Waals surface area contributed by atoms with Gasteiger partial charge < -0.3 is 16.0 Å². The van der Waals surface area contributed by atoms with Crippen LogP contribution in [0.4, 0.5) is 0 Å². The molecule has 1 fully saturated rings. The van der Waals surface area contributed by atoms with Crippen LogP contribution in [0.5, 0.6) is 0 Å². The van der Waals surface area contributed by atoms with Gasteiger partial charge in [0.15, 0.2) is 0 Å². The van der Waals surface area contributed by atoms with E-state index in [0.29, 0.717) is 37.9 Å². The Morgan fingerprint density at radius 3 is 2.03 bits per heavy atom. The van der Waals surface area contributed by atoms with E-state index in [1.165, 1.54) is 0 Å². The Hall–Kier alpha value is -1.51. The van der Waals surface area contributed by atoms with Crippen LogP contribution in [0.1, 0.15) is 73.6 Å². The minimum Gasteiger partial charge on any atom is -0.355 e. The average molecular weight is 482 g/mol. The Bertz CT molecular complexity index is 603. The average Bonchev–Trinajstić information content (AvgIpc) is 2.72. The molecule has 0 saturated carbocycles. The second-order valence-corrected chi connectivity index (χ2v) is 10.7. The number of hydrogen-bond donors (Lipinski definition) is 3. The summed E-state index contributed by atoms with van der Waals surface area (Å²) in [5.74, 6) is 1.44. The molecule has 0 aromatic carbocycles. The minimum absolute atomic E-state index is 0.0691. The third-order valence-corrected chi connectivity index (χ3v) is 6.26. The van der Waals surface area contributed by atoms with Crippen molar-refractivity contribution >= 4 is 17.6 Å². The third kappa shape index (κ3) is 14.7. The lowest BCUT2D eigenvalue weighted by atomic mass is 9.96.